The van der Waals surface area contributed by atoms with Crippen molar-refractivity contribution in [3.63, 3.8) is 0 Å². The molecule has 1 N–H and O–H groups in total. The van der Waals surface area contributed by atoms with Crippen molar-refractivity contribution in [3.05, 3.63) is 29.3 Å². The minimum Gasteiger partial charge on any atom is -0.352 e. The van der Waals surface area contributed by atoms with Crippen LogP contribution in [0.25, 0.3) is 0 Å². The Hall–Kier alpha value is -1.27. The van der Waals surface area contributed by atoms with Crippen LogP contribution in [0.4, 0.5) is 5.69 Å². The van der Waals surface area contributed by atoms with E-state index in [9.17, 15) is 13.2 Å². The molecule has 0 aromatic heterocycles. The lowest BCUT2D eigenvalue weighted by Gasteiger charge is -2.23. The Bertz CT molecular complexity index is 557. The van der Waals surface area contributed by atoms with E-state index in [4.69, 9.17) is 11.6 Å². The Morgan fingerprint density at radius 2 is 1.90 bits per heavy atom. The van der Waals surface area contributed by atoms with Gasteiger partial charge >= 0.3 is 0 Å². The SMILES string of the molecule is CC[C@H](C)NC(=O)CN(c1ccc(Cl)cc1)S(C)(=O)=O. The summed E-state index contributed by atoms with van der Waals surface area (Å²) in [7, 11) is -3.54. The van der Waals surface area contributed by atoms with Crippen molar-refractivity contribution in [3.8, 4) is 0 Å². The first-order valence-corrected chi connectivity index (χ1v) is 8.49. The van der Waals surface area contributed by atoms with Crippen molar-refractivity contribution >= 4 is 33.2 Å². The summed E-state index contributed by atoms with van der Waals surface area (Å²) in [6.45, 7) is 3.56. The molecule has 1 amide bonds. The first kappa shape index (κ1) is 16.8. The summed E-state index contributed by atoms with van der Waals surface area (Å²) < 4.78 is 24.7. The minimum atomic E-state index is -3.54. The molecule has 1 atom stereocenters. The van der Waals surface area contributed by atoms with Crippen molar-refractivity contribution in [2.75, 3.05) is 17.1 Å². The van der Waals surface area contributed by atoms with Crippen molar-refractivity contribution in [2.45, 2.75) is 26.3 Å². The number of anilines is 1. The summed E-state index contributed by atoms with van der Waals surface area (Å²) in [5.74, 6) is -0.334. The molecule has 0 aliphatic rings. The first-order chi connectivity index (χ1) is 9.24. The lowest BCUT2D eigenvalue weighted by atomic mass is 10.2. The lowest BCUT2D eigenvalue weighted by Crippen LogP contribution is -2.43. The third-order valence-corrected chi connectivity index (χ3v) is 4.21. The highest BCUT2D eigenvalue weighted by Crippen LogP contribution is 2.20. The van der Waals surface area contributed by atoms with Crippen molar-refractivity contribution in [1.29, 1.82) is 0 Å². The molecule has 0 aliphatic heterocycles. The van der Waals surface area contributed by atoms with Crippen LogP contribution in [0, 0.1) is 0 Å². The topological polar surface area (TPSA) is 66.5 Å². The van der Waals surface area contributed by atoms with Gasteiger partial charge in [0.2, 0.25) is 15.9 Å². The van der Waals surface area contributed by atoms with Gasteiger partial charge in [-0.2, -0.15) is 0 Å². The molecule has 0 unspecified atom stereocenters. The zero-order valence-electron chi connectivity index (χ0n) is 11.8. The summed E-state index contributed by atoms with van der Waals surface area (Å²) in [5, 5.41) is 3.25. The van der Waals surface area contributed by atoms with Crippen molar-refractivity contribution in [2.24, 2.45) is 0 Å². The molecular formula is C13H19ClN2O3S. The number of sulfonamides is 1. The normalized spacial score (nSPS) is 12.8. The van der Waals surface area contributed by atoms with Crippen LogP contribution in [-0.2, 0) is 14.8 Å². The zero-order valence-corrected chi connectivity index (χ0v) is 13.3. The number of benzene rings is 1. The molecule has 7 heteroatoms. The van der Waals surface area contributed by atoms with Gasteiger partial charge in [-0.3, -0.25) is 9.10 Å². The Morgan fingerprint density at radius 3 is 2.35 bits per heavy atom. The molecule has 20 heavy (non-hydrogen) atoms. The molecule has 0 saturated carbocycles. The van der Waals surface area contributed by atoms with Crippen LogP contribution in [-0.4, -0.2) is 33.2 Å². The van der Waals surface area contributed by atoms with Crippen LogP contribution in [0.5, 0.6) is 0 Å². The van der Waals surface area contributed by atoms with Crippen LogP contribution < -0.4 is 9.62 Å². The van der Waals surface area contributed by atoms with Gasteiger partial charge in [-0.15, -0.1) is 0 Å². The molecule has 0 heterocycles. The van der Waals surface area contributed by atoms with Gasteiger partial charge in [-0.05, 0) is 37.6 Å². The highest BCUT2D eigenvalue weighted by atomic mass is 35.5. The third kappa shape index (κ3) is 5.02. The molecule has 0 radical (unpaired) electrons. The molecule has 0 fully saturated rings. The second-order valence-corrected chi connectivity index (χ2v) is 6.97. The third-order valence-electron chi connectivity index (χ3n) is 2.82. The first-order valence-electron chi connectivity index (χ1n) is 6.26. The Balaban J connectivity index is 2.92. The highest BCUT2D eigenvalue weighted by Gasteiger charge is 2.21. The quantitative estimate of drug-likeness (QED) is 0.872. The van der Waals surface area contributed by atoms with Crippen LogP contribution in [0.3, 0.4) is 0 Å². The number of amides is 1. The van der Waals surface area contributed by atoms with Gasteiger partial charge in [0.05, 0.1) is 11.9 Å². The number of hydrogen-bond acceptors (Lipinski definition) is 3. The van der Waals surface area contributed by atoms with E-state index in [1.807, 2.05) is 13.8 Å². The second kappa shape index (κ2) is 6.95. The molecule has 1 rings (SSSR count). The predicted octanol–water partition coefficient (Wildman–Crippen LogP) is 2.02. The molecule has 1 aromatic rings. The number of nitrogens with zero attached hydrogens (tertiary/aromatic N) is 1. The van der Waals surface area contributed by atoms with Crippen molar-refractivity contribution in [1.82, 2.24) is 5.32 Å². The van der Waals surface area contributed by atoms with E-state index in [0.29, 0.717) is 10.7 Å². The van der Waals surface area contributed by atoms with E-state index < -0.39 is 10.0 Å². The molecule has 112 valence electrons. The summed E-state index contributed by atoms with van der Waals surface area (Å²) in [6, 6.07) is 6.32. The molecule has 0 spiro atoms. The molecule has 5 nitrogen and oxygen atoms in total. The van der Waals surface area contributed by atoms with Crippen LogP contribution in [0.15, 0.2) is 24.3 Å². The van der Waals surface area contributed by atoms with Crippen LogP contribution in [0.1, 0.15) is 20.3 Å². The Labute approximate surface area is 125 Å². The fourth-order valence-electron chi connectivity index (χ4n) is 1.56. The maximum atomic E-state index is 11.9. The van der Waals surface area contributed by atoms with Gasteiger partial charge in [0.1, 0.15) is 6.54 Å². The number of nitrogens with one attached hydrogen (secondary N) is 1. The van der Waals surface area contributed by atoms with Crippen LogP contribution >= 0.6 is 11.6 Å². The smallest absolute Gasteiger partial charge is 0.240 e. The van der Waals surface area contributed by atoms with E-state index in [1.165, 1.54) is 0 Å². The van der Waals surface area contributed by atoms with Crippen molar-refractivity contribution < 1.29 is 13.2 Å². The van der Waals surface area contributed by atoms with Gasteiger partial charge in [0.15, 0.2) is 0 Å². The summed E-state index contributed by atoms with van der Waals surface area (Å²) >= 11 is 5.78. The van der Waals surface area contributed by atoms with Gasteiger partial charge in [0.25, 0.3) is 0 Å². The van der Waals surface area contributed by atoms with Gasteiger partial charge in [-0.25, -0.2) is 8.42 Å². The molecular weight excluding hydrogens is 300 g/mol. The summed E-state index contributed by atoms with van der Waals surface area (Å²) in [4.78, 5) is 11.9. The average Bonchev–Trinajstić information content (AvgIpc) is 2.36. The average molecular weight is 319 g/mol. The standard InChI is InChI=1S/C13H19ClN2O3S/c1-4-10(2)15-13(17)9-16(20(3,18)19)12-7-5-11(14)6-8-12/h5-8,10H,4,9H2,1-3H3,(H,15,17)/t10-/m0/s1. The fourth-order valence-corrected chi connectivity index (χ4v) is 2.54. The van der Waals surface area contributed by atoms with E-state index in [0.717, 1.165) is 17.0 Å². The second-order valence-electron chi connectivity index (χ2n) is 4.62. The van der Waals surface area contributed by atoms with Gasteiger partial charge in [0, 0.05) is 11.1 Å². The number of carbonyl (C=O) groups is 1. The van der Waals surface area contributed by atoms with E-state index in [1.54, 1.807) is 24.3 Å². The van der Waals surface area contributed by atoms with Gasteiger partial charge < -0.3 is 5.32 Å². The van der Waals surface area contributed by atoms with Gasteiger partial charge in [-0.1, -0.05) is 18.5 Å². The minimum absolute atomic E-state index is 0.00845. The predicted molar refractivity (Wildman–Crippen MR) is 81.5 cm³/mol. The summed E-state index contributed by atoms with van der Waals surface area (Å²) in [5.41, 5.74) is 0.413. The highest BCUT2D eigenvalue weighted by molar-refractivity contribution is 7.92. The molecule has 0 aliphatic carbocycles. The molecule has 0 bridgehead atoms. The molecule has 1 aromatic carbocycles. The monoisotopic (exact) mass is 318 g/mol. The van der Waals surface area contributed by atoms with E-state index in [2.05, 4.69) is 5.32 Å². The molecule has 0 saturated heterocycles. The number of hydrogen-bond donors (Lipinski definition) is 1. The van der Waals surface area contributed by atoms with E-state index >= 15 is 0 Å². The van der Waals surface area contributed by atoms with E-state index in [-0.39, 0.29) is 18.5 Å². The summed E-state index contributed by atoms with van der Waals surface area (Å²) in [6.07, 6.45) is 1.85. The number of carbonyl (C=O) groups excluding carboxylic acids is 1. The Kier molecular flexibility index (Phi) is 5.83. The fraction of sp³-hybridized carbons (Fsp3) is 0.462. The largest absolute Gasteiger partial charge is 0.352 e. The lowest BCUT2D eigenvalue weighted by molar-refractivity contribution is -0.120. The maximum absolute atomic E-state index is 11.9. The van der Waals surface area contributed by atoms with Crippen LogP contribution in [0.2, 0.25) is 5.02 Å². The maximum Gasteiger partial charge on any atom is 0.240 e. The number of rotatable bonds is 6. The zero-order chi connectivity index (χ0) is 15.3. The Morgan fingerprint density at radius 1 is 1.35 bits per heavy atom. The number of halogens is 1.